The molecular formula is C29H23ClF2N2O6S. The van der Waals surface area contributed by atoms with E-state index in [-0.39, 0.29) is 33.3 Å². The van der Waals surface area contributed by atoms with E-state index < -0.39 is 46.7 Å². The van der Waals surface area contributed by atoms with Crippen LogP contribution in [0.1, 0.15) is 5.56 Å². The normalized spacial score (nSPS) is 11.0. The Morgan fingerprint density at radius 1 is 0.829 bits per heavy atom. The second-order valence-corrected chi connectivity index (χ2v) is 10.8. The molecule has 4 aromatic rings. The zero-order valence-electron chi connectivity index (χ0n) is 21.5. The molecule has 0 aliphatic carbocycles. The van der Waals surface area contributed by atoms with Gasteiger partial charge >= 0.3 is 0 Å². The number of hydrogen-bond acceptors (Lipinski definition) is 6. The summed E-state index contributed by atoms with van der Waals surface area (Å²) in [5.74, 6) is -3.40. The Kier molecular flexibility index (Phi) is 9.21. The fourth-order valence-electron chi connectivity index (χ4n) is 3.71. The van der Waals surface area contributed by atoms with Gasteiger partial charge in [0.25, 0.3) is 21.8 Å². The van der Waals surface area contributed by atoms with Crippen molar-refractivity contribution in [2.45, 2.75) is 11.8 Å². The minimum Gasteiger partial charge on any atom is -0.481 e. The predicted molar refractivity (Wildman–Crippen MR) is 150 cm³/mol. The smallest absolute Gasteiger partial charge is 0.278 e. The first kappa shape index (κ1) is 29.5. The van der Waals surface area contributed by atoms with Crippen LogP contribution in [0.25, 0.3) is 0 Å². The first-order chi connectivity index (χ1) is 19.6. The summed E-state index contributed by atoms with van der Waals surface area (Å²) in [6.07, 6.45) is 0. The molecule has 212 valence electrons. The highest BCUT2D eigenvalue weighted by Gasteiger charge is 2.33. The average molecular weight is 601 g/mol. The Bertz CT molecular complexity index is 1680. The molecule has 1 N–H and O–H groups in total. The number of nitrogens with one attached hydrogen (secondary N) is 1. The van der Waals surface area contributed by atoms with Gasteiger partial charge < -0.3 is 14.8 Å². The quantitative estimate of drug-likeness (QED) is 0.249. The average Bonchev–Trinajstić information content (AvgIpc) is 2.94. The Labute approximate surface area is 240 Å². The van der Waals surface area contributed by atoms with Crippen molar-refractivity contribution in [2.75, 3.05) is 22.8 Å². The molecule has 0 atom stereocenters. The van der Waals surface area contributed by atoms with Gasteiger partial charge in [0.2, 0.25) is 0 Å². The van der Waals surface area contributed by atoms with Crippen molar-refractivity contribution < 1.29 is 36.3 Å². The molecule has 4 aromatic carbocycles. The lowest BCUT2D eigenvalue weighted by atomic mass is 10.2. The number of carbonyl (C=O) groups is 2. The van der Waals surface area contributed by atoms with Gasteiger partial charge in [0.1, 0.15) is 0 Å². The highest BCUT2D eigenvalue weighted by molar-refractivity contribution is 7.93. The number of amides is 2. The van der Waals surface area contributed by atoms with Crippen LogP contribution in [0, 0.1) is 18.6 Å². The molecule has 12 heteroatoms. The molecule has 0 spiro atoms. The lowest BCUT2D eigenvalue weighted by molar-refractivity contribution is -0.119. The van der Waals surface area contributed by atoms with Crippen LogP contribution in [-0.4, -0.2) is 33.4 Å². The van der Waals surface area contributed by atoms with Gasteiger partial charge in [-0.1, -0.05) is 41.9 Å². The largest absolute Gasteiger partial charge is 0.481 e. The van der Waals surface area contributed by atoms with E-state index in [1.165, 1.54) is 85.8 Å². The fraction of sp³-hybridized carbons (Fsp3) is 0.103. The van der Waals surface area contributed by atoms with Crippen molar-refractivity contribution in [3.63, 3.8) is 0 Å². The summed E-state index contributed by atoms with van der Waals surface area (Å²) in [5, 5.41) is 2.81. The molecule has 8 nitrogen and oxygen atoms in total. The van der Waals surface area contributed by atoms with Gasteiger partial charge in [-0.3, -0.25) is 9.59 Å². The first-order valence-electron chi connectivity index (χ1n) is 12.0. The van der Waals surface area contributed by atoms with Crippen LogP contribution in [0.4, 0.5) is 20.2 Å². The van der Waals surface area contributed by atoms with E-state index in [0.29, 0.717) is 9.33 Å². The number of rotatable bonds is 10. The molecule has 0 aliphatic heterocycles. The standard InChI is InChI=1S/C29H23ClF2N2O6S/c1-19-10-13-21(33-28(35)17-39-25-8-4-2-6-23(25)31)16-27(19)41(37,38)34(22-14-11-20(30)12-15-22)29(36)18-40-26-9-5-3-7-24(26)32/h2-16H,17-18H2,1H3,(H,33,35). The second-order valence-electron chi connectivity index (χ2n) is 8.61. The summed E-state index contributed by atoms with van der Waals surface area (Å²) in [5.41, 5.74) is 0.318. The molecule has 2 amide bonds. The number of ether oxygens (including phenoxy) is 2. The third-order valence-corrected chi connectivity index (χ3v) is 7.80. The Morgan fingerprint density at radius 3 is 1.98 bits per heavy atom. The zero-order valence-corrected chi connectivity index (χ0v) is 23.1. The summed E-state index contributed by atoms with van der Waals surface area (Å²) in [6.45, 7) is 0.172. The number of carbonyl (C=O) groups excluding carboxylic acids is 2. The third-order valence-electron chi connectivity index (χ3n) is 5.66. The first-order valence-corrected chi connectivity index (χ1v) is 13.9. The van der Waals surface area contributed by atoms with E-state index in [4.69, 9.17) is 21.1 Å². The summed E-state index contributed by atoms with van der Waals surface area (Å²) in [4.78, 5) is 25.5. The van der Waals surface area contributed by atoms with E-state index >= 15 is 0 Å². The summed E-state index contributed by atoms with van der Waals surface area (Å²) in [6, 6.07) is 20.5. The SMILES string of the molecule is Cc1ccc(NC(=O)COc2ccccc2F)cc1S(=O)(=O)N(C(=O)COc1ccccc1F)c1ccc(Cl)cc1. The van der Waals surface area contributed by atoms with Gasteiger partial charge in [-0.25, -0.2) is 17.2 Å². The lowest BCUT2D eigenvalue weighted by Gasteiger charge is -2.24. The van der Waals surface area contributed by atoms with Crippen LogP contribution in [0.3, 0.4) is 0 Å². The Morgan fingerprint density at radius 2 is 1.39 bits per heavy atom. The molecule has 0 fully saturated rings. The number of nitrogens with zero attached hydrogens (tertiary/aromatic N) is 1. The summed E-state index contributed by atoms with van der Waals surface area (Å²) >= 11 is 5.96. The molecule has 0 aliphatic rings. The number of halogens is 3. The van der Waals surface area contributed by atoms with Crippen LogP contribution >= 0.6 is 11.6 Å². The monoisotopic (exact) mass is 600 g/mol. The van der Waals surface area contributed by atoms with Gasteiger partial charge in [-0.05, 0) is 73.2 Å². The minimum absolute atomic E-state index is 0.0383. The van der Waals surface area contributed by atoms with Crippen LogP contribution in [0.2, 0.25) is 5.02 Å². The number of aryl methyl sites for hydroxylation is 1. The van der Waals surface area contributed by atoms with E-state index in [2.05, 4.69) is 5.32 Å². The molecule has 0 saturated heterocycles. The molecule has 4 rings (SSSR count). The Balaban J connectivity index is 1.60. The molecule has 0 bridgehead atoms. The van der Waals surface area contributed by atoms with Crippen molar-refractivity contribution >= 4 is 44.8 Å². The van der Waals surface area contributed by atoms with Gasteiger partial charge in [0, 0.05) is 10.7 Å². The maximum Gasteiger partial charge on any atom is 0.278 e. The van der Waals surface area contributed by atoms with E-state index in [1.54, 1.807) is 6.07 Å². The van der Waals surface area contributed by atoms with E-state index in [9.17, 15) is 26.8 Å². The van der Waals surface area contributed by atoms with Crippen molar-refractivity contribution in [2.24, 2.45) is 0 Å². The molecule has 0 saturated carbocycles. The number of anilines is 2. The van der Waals surface area contributed by atoms with Crippen LogP contribution in [0.5, 0.6) is 11.5 Å². The van der Waals surface area contributed by atoms with Crippen molar-refractivity contribution in [1.29, 1.82) is 0 Å². The highest BCUT2D eigenvalue weighted by Crippen LogP contribution is 2.29. The van der Waals surface area contributed by atoms with E-state index in [0.717, 1.165) is 6.07 Å². The highest BCUT2D eigenvalue weighted by atomic mass is 35.5. The minimum atomic E-state index is -4.60. The fourth-order valence-corrected chi connectivity index (χ4v) is 5.50. The number of para-hydroxylation sites is 2. The molecule has 0 aromatic heterocycles. The molecular weight excluding hydrogens is 578 g/mol. The maximum absolute atomic E-state index is 14.0. The zero-order chi connectivity index (χ0) is 29.6. The van der Waals surface area contributed by atoms with Gasteiger partial charge in [0.05, 0.1) is 10.6 Å². The van der Waals surface area contributed by atoms with Crippen LogP contribution in [-0.2, 0) is 19.6 Å². The van der Waals surface area contributed by atoms with Gasteiger partial charge in [0.15, 0.2) is 36.3 Å². The number of benzene rings is 4. The van der Waals surface area contributed by atoms with Crippen LogP contribution in [0.15, 0.2) is 95.9 Å². The molecule has 0 unspecified atom stereocenters. The van der Waals surface area contributed by atoms with Crippen molar-refractivity contribution in [3.8, 4) is 11.5 Å². The summed E-state index contributed by atoms with van der Waals surface area (Å²) in [7, 11) is -4.60. The number of sulfonamides is 1. The number of hydrogen-bond donors (Lipinski definition) is 1. The third kappa shape index (κ3) is 7.19. The second kappa shape index (κ2) is 12.8. The molecule has 0 heterocycles. The predicted octanol–water partition coefficient (Wildman–Crippen LogP) is 5.75. The molecule has 41 heavy (non-hydrogen) atoms. The van der Waals surface area contributed by atoms with Gasteiger partial charge in [-0.15, -0.1) is 0 Å². The summed E-state index contributed by atoms with van der Waals surface area (Å²) < 4.78 is 66.6. The Hall–Kier alpha value is -4.48. The topological polar surface area (TPSA) is 102 Å². The maximum atomic E-state index is 14.0. The van der Waals surface area contributed by atoms with Crippen molar-refractivity contribution in [3.05, 3.63) is 113 Å². The van der Waals surface area contributed by atoms with Crippen molar-refractivity contribution in [1.82, 2.24) is 0 Å². The van der Waals surface area contributed by atoms with Gasteiger partial charge in [-0.2, -0.15) is 4.31 Å². The van der Waals surface area contributed by atoms with Crippen LogP contribution < -0.4 is 19.1 Å². The molecule has 0 radical (unpaired) electrons. The van der Waals surface area contributed by atoms with E-state index in [1.807, 2.05) is 0 Å². The lowest BCUT2D eigenvalue weighted by Crippen LogP contribution is -2.40.